The Hall–Kier alpha value is -2.28. The number of rotatable bonds is 7. The van der Waals surface area contributed by atoms with Gasteiger partial charge in [-0.3, -0.25) is 9.59 Å². The highest BCUT2D eigenvalue weighted by Crippen LogP contribution is 2.27. The second kappa shape index (κ2) is 9.60. The number of benzene rings is 2. The van der Waals surface area contributed by atoms with E-state index in [-0.39, 0.29) is 18.4 Å². The molecular weight excluding hydrogens is 389 g/mol. The molecule has 0 saturated carbocycles. The zero-order valence-electron chi connectivity index (χ0n) is 15.3. The first kappa shape index (κ1) is 21.0. The van der Waals surface area contributed by atoms with Crippen LogP contribution in [0.2, 0.25) is 10.0 Å². The fraction of sp³-hybridized carbons (Fsp3) is 0.263. The van der Waals surface area contributed by atoms with Crippen molar-refractivity contribution in [3.63, 3.8) is 0 Å². The average molecular weight is 411 g/mol. The molecular formula is C19H22Cl2N3O3+. The second-order valence-corrected chi connectivity index (χ2v) is 7.01. The number of nitrogens with one attached hydrogen (secondary N) is 3. The summed E-state index contributed by atoms with van der Waals surface area (Å²) in [6.45, 7) is 1.85. The Morgan fingerprint density at radius 2 is 1.81 bits per heavy atom. The number of ether oxygens (including phenoxy) is 1. The Balaban J connectivity index is 1.95. The molecule has 8 heteroatoms. The average Bonchev–Trinajstić information content (AvgIpc) is 2.61. The maximum Gasteiger partial charge on any atom is 0.282 e. The molecule has 0 heterocycles. The van der Waals surface area contributed by atoms with Gasteiger partial charge in [0, 0.05) is 15.7 Å². The maximum atomic E-state index is 12.4. The standard InChI is InChI=1S/C19H21Cl2N3O3/c1-12(19(26)22-15-6-4-5-13(20)9-15)24(2)11-18(25)23-16-10-14(21)7-8-17(16)27-3/h4-10,12H,11H2,1-3H3,(H,22,26)(H,23,25)/p+1/t12-/m1/s1. The molecule has 0 saturated heterocycles. The lowest BCUT2D eigenvalue weighted by Crippen LogP contribution is -3.14. The van der Waals surface area contributed by atoms with Gasteiger partial charge in [0.05, 0.1) is 19.8 Å². The summed E-state index contributed by atoms with van der Waals surface area (Å²) in [5, 5.41) is 6.59. The van der Waals surface area contributed by atoms with Gasteiger partial charge in [-0.05, 0) is 43.3 Å². The third kappa shape index (κ3) is 6.13. The minimum atomic E-state index is -0.448. The maximum absolute atomic E-state index is 12.4. The predicted octanol–water partition coefficient (Wildman–Crippen LogP) is 2.48. The highest BCUT2D eigenvalue weighted by Gasteiger charge is 2.24. The minimum Gasteiger partial charge on any atom is -0.495 e. The largest absolute Gasteiger partial charge is 0.495 e. The van der Waals surface area contributed by atoms with Crippen LogP contribution in [0.3, 0.4) is 0 Å². The van der Waals surface area contributed by atoms with Gasteiger partial charge in [0.2, 0.25) is 0 Å². The Morgan fingerprint density at radius 1 is 1.11 bits per heavy atom. The van der Waals surface area contributed by atoms with Crippen molar-refractivity contribution < 1.29 is 19.2 Å². The third-order valence-corrected chi connectivity index (χ3v) is 4.57. The van der Waals surface area contributed by atoms with E-state index in [1.165, 1.54) is 7.11 Å². The molecule has 0 aliphatic rings. The van der Waals surface area contributed by atoms with Crippen LogP contribution in [0.5, 0.6) is 5.75 Å². The van der Waals surface area contributed by atoms with E-state index >= 15 is 0 Å². The number of carbonyl (C=O) groups is 2. The van der Waals surface area contributed by atoms with Gasteiger partial charge in [-0.15, -0.1) is 0 Å². The molecule has 0 aliphatic carbocycles. The van der Waals surface area contributed by atoms with Crippen molar-refractivity contribution in [3.05, 3.63) is 52.5 Å². The van der Waals surface area contributed by atoms with E-state index in [0.717, 1.165) is 4.90 Å². The van der Waals surface area contributed by atoms with E-state index in [0.29, 0.717) is 27.2 Å². The van der Waals surface area contributed by atoms with E-state index in [1.807, 2.05) is 0 Å². The number of quaternary nitrogens is 1. The lowest BCUT2D eigenvalue weighted by atomic mass is 10.2. The lowest BCUT2D eigenvalue weighted by Gasteiger charge is -2.21. The molecule has 0 spiro atoms. The predicted molar refractivity (Wildman–Crippen MR) is 108 cm³/mol. The van der Waals surface area contributed by atoms with Crippen LogP contribution in [-0.4, -0.2) is 38.6 Å². The second-order valence-electron chi connectivity index (χ2n) is 6.14. The summed E-state index contributed by atoms with van der Waals surface area (Å²) >= 11 is 11.9. The topological polar surface area (TPSA) is 71.9 Å². The van der Waals surface area contributed by atoms with E-state index < -0.39 is 6.04 Å². The molecule has 2 rings (SSSR count). The molecule has 3 N–H and O–H groups in total. The highest BCUT2D eigenvalue weighted by molar-refractivity contribution is 6.31. The van der Waals surface area contributed by atoms with Crippen molar-refractivity contribution in [1.29, 1.82) is 0 Å². The van der Waals surface area contributed by atoms with E-state index in [9.17, 15) is 9.59 Å². The number of hydrogen-bond acceptors (Lipinski definition) is 3. The molecule has 2 aromatic carbocycles. The van der Waals surface area contributed by atoms with Crippen molar-refractivity contribution in [3.8, 4) is 5.75 Å². The SMILES string of the molecule is COc1ccc(Cl)cc1NC(=O)C[NH+](C)[C@H](C)C(=O)Nc1cccc(Cl)c1. The zero-order valence-corrected chi connectivity index (χ0v) is 16.8. The fourth-order valence-electron chi connectivity index (χ4n) is 2.42. The summed E-state index contributed by atoms with van der Waals surface area (Å²) in [5.74, 6) is 0.0514. The zero-order chi connectivity index (χ0) is 20.0. The van der Waals surface area contributed by atoms with Crippen LogP contribution in [0.1, 0.15) is 6.92 Å². The van der Waals surface area contributed by atoms with Crippen molar-refractivity contribution in [2.24, 2.45) is 0 Å². The van der Waals surface area contributed by atoms with Gasteiger partial charge >= 0.3 is 0 Å². The first-order valence-corrected chi connectivity index (χ1v) is 9.08. The van der Waals surface area contributed by atoms with Gasteiger partial charge in [0.25, 0.3) is 11.8 Å². The highest BCUT2D eigenvalue weighted by atomic mass is 35.5. The Labute approximate surface area is 168 Å². The quantitative estimate of drug-likeness (QED) is 0.656. The number of anilines is 2. The molecule has 2 aromatic rings. The van der Waals surface area contributed by atoms with Gasteiger partial charge in [-0.1, -0.05) is 29.3 Å². The first-order valence-electron chi connectivity index (χ1n) is 8.32. The Kier molecular flexibility index (Phi) is 7.47. The Morgan fingerprint density at radius 3 is 2.48 bits per heavy atom. The number of hydrogen-bond donors (Lipinski definition) is 3. The van der Waals surface area contributed by atoms with Crippen LogP contribution in [-0.2, 0) is 9.59 Å². The monoisotopic (exact) mass is 410 g/mol. The Bertz CT molecular complexity index is 830. The summed E-state index contributed by atoms with van der Waals surface area (Å²) in [6.07, 6.45) is 0. The molecule has 2 amide bonds. The summed E-state index contributed by atoms with van der Waals surface area (Å²) < 4.78 is 5.21. The molecule has 0 aromatic heterocycles. The van der Waals surface area contributed by atoms with Crippen molar-refractivity contribution >= 4 is 46.4 Å². The molecule has 1 unspecified atom stereocenters. The number of likely N-dealkylation sites (N-methyl/N-ethyl adjacent to an activating group) is 1. The summed E-state index contributed by atoms with van der Waals surface area (Å²) in [4.78, 5) is 25.5. The number of amides is 2. The molecule has 0 aliphatic heterocycles. The molecule has 27 heavy (non-hydrogen) atoms. The van der Waals surface area contributed by atoms with Crippen LogP contribution in [0.25, 0.3) is 0 Å². The lowest BCUT2D eigenvalue weighted by molar-refractivity contribution is -0.885. The third-order valence-electron chi connectivity index (χ3n) is 4.10. The smallest absolute Gasteiger partial charge is 0.282 e. The number of carbonyl (C=O) groups excluding carboxylic acids is 2. The van der Waals surface area contributed by atoms with Crippen molar-refractivity contribution in [2.45, 2.75) is 13.0 Å². The van der Waals surface area contributed by atoms with E-state index in [2.05, 4.69) is 10.6 Å². The van der Waals surface area contributed by atoms with Crippen LogP contribution >= 0.6 is 23.2 Å². The molecule has 0 radical (unpaired) electrons. The van der Waals surface area contributed by atoms with Gasteiger partial charge in [-0.2, -0.15) is 0 Å². The van der Waals surface area contributed by atoms with Crippen LogP contribution in [0.4, 0.5) is 11.4 Å². The molecule has 0 fully saturated rings. The molecule has 2 atom stereocenters. The number of methoxy groups -OCH3 is 1. The minimum absolute atomic E-state index is 0.0970. The summed E-state index contributed by atoms with van der Waals surface area (Å²) in [5.41, 5.74) is 1.10. The van der Waals surface area contributed by atoms with Crippen LogP contribution < -0.4 is 20.3 Å². The fourth-order valence-corrected chi connectivity index (χ4v) is 2.78. The normalized spacial score (nSPS) is 12.8. The van der Waals surface area contributed by atoms with Gasteiger partial charge in [0.15, 0.2) is 12.6 Å². The van der Waals surface area contributed by atoms with Gasteiger partial charge in [0.1, 0.15) is 5.75 Å². The van der Waals surface area contributed by atoms with E-state index in [1.54, 1.807) is 56.4 Å². The van der Waals surface area contributed by atoms with E-state index in [4.69, 9.17) is 27.9 Å². The number of halogens is 2. The first-order chi connectivity index (χ1) is 12.8. The molecule has 144 valence electrons. The van der Waals surface area contributed by atoms with Gasteiger partial charge < -0.3 is 20.3 Å². The van der Waals surface area contributed by atoms with Crippen LogP contribution in [0, 0.1) is 0 Å². The van der Waals surface area contributed by atoms with Crippen molar-refractivity contribution in [1.82, 2.24) is 0 Å². The molecule has 6 nitrogen and oxygen atoms in total. The molecule has 0 bridgehead atoms. The summed E-state index contributed by atoms with van der Waals surface area (Å²) in [7, 11) is 3.29. The van der Waals surface area contributed by atoms with Gasteiger partial charge in [-0.25, -0.2) is 0 Å². The summed E-state index contributed by atoms with van der Waals surface area (Å²) in [6, 6.07) is 11.4. The van der Waals surface area contributed by atoms with Crippen molar-refractivity contribution in [2.75, 3.05) is 31.3 Å². The van der Waals surface area contributed by atoms with Crippen LogP contribution in [0.15, 0.2) is 42.5 Å².